The Kier molecular flexibility index (Phi) is 3.97. The lowest BCUT2D eigenvalue weighted by molar-refractivity contribution is 0.193. The Morgan fingerprint density at radius 1 is 1.18 bits per heavy atom. The van der Waals surface area contributed by atoms with Crippen LogP contribution in [0.5, 0.6) is 11.5 Å². The summed E-state index contributed by atoms with van der Waals surface area (Å²) in [6.45, 7) is 0. The van der Waals surface area contributed by atoms with Crippen molar-refractivity contribution in [3.63, 3.8) is 0 Å². The van der Waals surface area contributed by atoms with Crippen molar-refractivity contribution in [1.82, 2.24) is 9.71 Å². The van der Waals surface area contributed by atoms with Crippen molar-refractivity contribution in [3.8, 4) is 11.5 Å². The lowest BCUT2D eigenvalue weighted by Gasteiger charge is -2.13. The summed E-state index contributed by atoms with van der Waals surface area (Å²) in [6, 6.07) is 3.30. The standard InChI is InChI=1S/C13H17N5O4/c1-21-8-4-6(5-9(22-2)10(8)14)3-7-11(15)18(20)13(16)17-12(7)19/h4-5,20H,3,14-15H2,1-2H3,(H2,16,17,19). The lowest BCUT2D eigenvalue weighted by Crippen LogP contribution is -2.24. The molecule has 0 amide bonds. The molecule has 0 bridgehead atoms. The smallest absolute Gasteiger partial charge is 0.280 e. The topological polar surface area (TPSA) is 152 Å². The predicted octanol–water partition coefficient (Wildman–Crippen LogP) is -0.165. The van der Waals surface area contributed by atoms with Crippen molar-refractivity contribution in [2.24, 2.45) is 0 Å². The molecule has 9 nitrogen and oxygen atoms in total. The number of aromatic nitrogens is 2. The number of nitrogen functional groups attached to an aromatic ring is 3. The number of nitrogens with zero attached hydrogens (tertiary/aromatic N) is 2. The van der Waals surface area contributed by atoms with Crippen molar-refractivity contribution < 1.29 is 14.7 Å². The summed E-state index contributed by atoms with van der Waals surface area (Å²) in [5, 5.41) is 9.63. The summed E-state index contributed by atoms with van der Waals surface area (Å²) in [4.78, 5) is 15.4. The van der Waals surface area contributed by atoms with Crippen LogP contribution in [0.25, 0.3) is 0 Å². The highest BCUT2D eigenvalue weighted by Crippen LogP contribution is 2.33. The molecule has 9 heteroatoms. The molecular weight excluding hydrogens is 290 g/mol. The van der Waals surface area contributed by atoms with Crippen molar-refractivity contribution in [2.75, 3.05) is 31.4 Å². The summed E-state index contributed by atoms with van der Waals surface area (Å²) in [6.07, 6.45) is 0.103. The van der Waals surface area contributed by atoms with Gasteiger partial charge in [0, 0.05) is 6.42 Å². The Morgan fingerprint density at radius 3 is 2.23 bits per heavy atom. The molecule has 118 valence electrons. The molecule has 1 aromatic carbocycles. The Labute approximate surface area is 125 Å². The van der Waals surface area contributed by atoms with Gasteiger partial charge in [-0.1, -0.05) is 0 Å². The summed E-state index contributed by atoms with van der Waals surface area (Å²) >= 11 is 0. The second kappa shape index (κ2) is 5.72. The van der Waals surface area contributed by atoms with Crippen molar-refractivity contribution in [2.45, 2.75) is 6.42 Å². The molecule has 22 heavy (non-hydrogen) atoms. The molecule has 0 spiro atoms. The molecule has 1 heterocycles. The van der Waals surface area contributed by atoms with E-state index in [1.165, 1.54) is 14.2 Å². The number of rotatable bonds is 4. The number of hydrogen-bond acceptors (Lipinski definition) is 8. The van der Waals surface area contributed by atoms with E-state index in [0.29, 0.717) is 27.5 Å². The number of anilines is 3. The van der Waals surface area contributed by atoms with Crippen LogP contribution in [0.15, 0.2) is 16.9 Å². The monoisotopic (exact) mass is 307 g/mol. The van der Waals surface area contributed by atoms with Gasteiger partial charge >= 0.3 is 0 Å². The molecule has 0 aliphatic heterocycles. The first kappa shape index (κ1) is 15.3. The maximum atomic E-state index is 11.9. The summed E-state index contributed by atoms with van der Waals surface area (Å²) in [7, 11) is 2.93. The molecule has 0 aliphatic carbocycles. The predicted molar refractivity (Wildman–Crippen MR) is 81.3 cm³/mol. The average Bonchev–Trinajstić information content (AvgIpc) is 2.50. The van der Waals surface area contributed by atoms with Crippen LogP contribution in [0, 0.1) is 0 Å². The fraction of sp³-hybridized carbons (Fsp3) is 0.231. The summed E-state index contributed by atoms with van der Waals surface area (Å²) in [5.41, 5.74) is 17.4. The van der Waals surface area contributed by atoms with Gasteiger partial charge in [0.15, 0.2) is 5.82 Å². The Bertz CT molecular complexity index is 747. The average molecular weight is 307 g/mol. The van der Waals surface area contributed by atoms with Gasteiger partial charge in [-0.05, 0) is 17.7 Å². The Balaban J connectivity index is 2.53. The molecular formula is C13H17N5O4. The minimum absolute atomic E-state index is 0.102. The molecule has 0 fully saturated rings. The quantitative estimate of drug-likeness (QED) is 0.449. The molecule has 0 atom stereocenters. The van der Waals surface area contributed by atoms with Gasteiger partial charge in [0.05, 0.1) is 19.8 Å². The molecule has 2 aromatic rings. The third-order valence-corrected chi connectivity index (χ3v) is 3.21. The van der Waals surface area contributed by atoms with E-state index in [0.717, 1.165) is 0 Å². The first-order chi connectivity index (χ1) is 10.4. The van der Waals surface area contributed by atoms with Gasteiger partial charge in [-0.15, -0.1) is 4.73 Å². The van der Waals surface area contributed by atoms with Gasteiger partial charge in [0.25, 0.3) is 5.56 Å². The van der Waals surface area contributed by atoms with Crippen molar-refractivity contribution in [3.05, 3.63) is 33.6 Å². The molecule has 7 N–H and O–H groups in total. The van der Waals surface area contributed by atoms with Crippen LogP contribution in [0.3, 0.4) is 0 Å². The minimum atomic E-state index is -0.616. The summed E-state index contributed by atoms with van der Waals surface area (Å²) in [5.74, 6) is 0.257. The van der Waals surface area contributed by atoms with Crippen LogP contribution in [0.1, 0.15) is 11.1 Å². The zero-order valence-corrected chi connectivity index (χ0v) is 12.2. The van der Waals surface area contributed by atoms with E-state index in [2.05, 4.69) is 4.98 Å². The largest absolute Gasteiger partial charge is 0.494 e. The first-order valence-corrected chi connectivity index (χ1v) is 6.25. The van der Waals surface area contributed by atoms with E-state index in [1.807, 2.05) is 0 Å². The van der Waals surface area contributed by atoms with Gasteiger partial charge in [-0.2, -0.15) is 4.98 Å². The van der Waals surface area contributed by atoms with E-state index in [4.69, 9.17) is 26.7 Å². The van der Waals surface area contributed by atoms with E-state index in [1.54, 1.807) is 12.1 Å². The number of nitrogens with two attached hydrogens (primary N) is 3. The third kappa shape index (κ3) is 2.55. The van der Waals surface area contributed by atoms with Crippen LogP contribution >= 0.6 is 0 Å². The zero-order valence-electron chi connectivity index (χ0n) is 12.2. The van der Waals surface area contributed by atoms with Gasteiger partial charge in [0.2, 0.25) is 5.95 Å². The van der Waals surface area contributed by atoms with E-state index < -0.39 is 5.56 Å². The van der Waals surface area contributed by atoms with E-state index in [-0.39, 0.29) is 23.8 Å². The van der Waals surface area contributed by atoms with Crippen LogP contribution in [-0.4, -0.2) is 29.1 Å². The molecule has 0 radical (unpaired) electrons. The van der Waals surface area contributed by atoms with Crippen molar-refractivity contribution >= 4 is 17.5 Å². The first-order valence-electron chi connectivity index (χ1n) is 6.25. The van der Waals surface area contributed by atoms with Gasteiger partial charge in [-0.3, -0.25) is 4.79 Å². The Hall–Kier alpha value is -3.10. The fourth-order valence-corrected chi connectivity index (χ4v) is 2.05. The van der Waals surface area contributed by atoms with Gasteiger partial charge < -0.3 is 31.9 Å². The number of methoxy groups -OCH3 is 2. The van der Waals surface area contributed by atoms with Crippen LogP contribution in [0.2, 0.25) is 0 Å². The molecule has 0 unspecified atom stereocenters. The molecule has 1 aromatic heterocycles. The summed E-state index contributed by atoms with van der Waals surface area (Å²) < 4.78 is 10.8. The maximum Gasteiger partial charge on any atom is 0.280 e. The normalized spacial score (nSPS) is 10.5. The SMILES string of the molecule is COc1cc(Cc2c(N)n(O)c(N)nc2=O)cc(OC)c1N. The zero-order chi connectivity index (χ0) is 16.4. The Morgan fingerprint density at radius 2 is 1.73 bits per heavy atom. The number of ether oxygens (including phenoxy) is 2. The maximum absolute atomic E-state index is 11.9. The highest BCUT2D eigenvalue weighted by molar-refractivity contribution is 5.65. The fourth-order valence-electron chi connectivity index (χ4n) is 2.05. The van der Waals surface area contributed by atoms with Crippen molar-refractivity contribution in [1.29, 1.82) is 0 Å². The second-order valence-corrected chi connectivity index (χ2v) is 4.54. The highest BCUT2D eigenvalue weighted by Gasteiger charge is 2.16. The molecule has 2 rings (SSSR count). The lowest BCUT2D eigenvalue weighted by atomic mass is 10.0. The third-order valence-electron chi connectivity index (χ3n) is 3.21. The minimum Gasteiger partial charge on any atom is -0.494 e. The van der Waals surface area contributed by atoms with Gasteiger partial charge in [0.1, 0.15) is 17.2 Å². The number of hydrogen-bond donors (Lipinski definition) is 4. The second-order valence-electron chi connectivity index (χ2n) is 4.54. The number of benzene rings is 1. The molecule has 0 aliphatic rings. The van der Waals surface area contributed by atoms with Crippen LogP contribution < -0.4 is 32.2 Å². The highest BCUT2D eigenvalue weighted by atomic mass is 16.5. The van der Waals surface area contributed by atoms with Crippen LogP contribution in [-0.2, 0) is 6.42 Å². The van der Waals surface area contributed by atoms with E-state index >= 15 is 0 Å². The van der Waals surface area contributed by atoms with Gasteiger partial charge in [-0.25, -0.2) is 0 Å². The van der Waals surface area contributed by atoms with Crippen LogP contribution in [0.4, 0.5) is 17.5 Å². The van der Waals surface area contributed by atoms with E-state index in [9.17, 15) is 10.0 Å². The molecule has 0 saturated carbocycles. The molecule has 0 saturated heterocycles.